The minimum atomic E-state index is -0.0433. The Morgan fingerprint density at radius 1 is 1.38 bits per heavy atom. The summed E-state index contributed by atoms with van der Waals surface area (Å²) in [6.07, 6.45) is 1.44. The molecule has 2 aromatic heterocycles. The Bertz CT molecular complexity index is 747. The predicted molar refractivity (Wildman–Crippen MR) is 88.5 cm³/mol. The Kier molecular flexibility index (Phi) is 4.69. The summed E-state index contributed by atoms with van der Waals surface area (Å²) >= 11 is 0. The highest BCUT2D eigenvalue weighted by molar-refractivity contribution is 5.93. The van der Waals surface area contributed by atoms with E-state index in [1.165, 1.54) is 0 Å². The average Bonchev–Trinajstić information content (AvgIpc) is 3.12. The van der Waals surface area contributed by atoms with Crippen molar-refractivity contribution >= 4 is 17.6 Å². The normalized spacial score (nSPS) is 13.9. The van der Waals surface area contributed by atoms with Gasteiger partial charge in [-0.1, -0.05) is 0 Å². The Morgan fingerprint density at radius 2 is 2.21 bits per heavy atom. The number of furan rings is 1. The van der Waals surface area contributed by atoms with Crippen LogP contribution in [-0.4, -0.2) is 28.1 Å². The van der Waals surface area contributed by atoms with E-state index in [1.807, 2.05) is 36.7 Å². The molecule has 0 spiro atoms. The standard InChI is InChI=1S/C17H22N4O3/c1-12-10-16-20(17(23)7-9-21(16)19-12)8-3-4-15(22)18-11-14-6-5-13(2)24-14/h5-6,10H,3-4,7-9,11H2,1-2H3,(H,18,22). The maximum atomic E-state index is 12.1. The summed E-state index contributed by atoms with van der Waals surface area (Å²) in [6, 6.07) is 5.64. The third kappa shape index (κ3) is 3.67. The van der Waals surface area contributed by atoms with Crippen LogP contribution in [0.5, 0.6) is 0 Å². The van der Waals surface area contributed by atoms with Gasteiger partial charge in [0.05, 0.1) is 18.8 Å². The molecule has 7 nitrogen and oxygen atoms in total. The fourth-order valence-electron chi connectivity index (χ4n) is 2.87. The van der Waals surface area contributed by atoms with Crippen molar-refractivity contribution in [2.75, 3.05) is 11.4 Å². The first-order valence-electron chi connectivity index (χ1n) is 8.20. The van der Waals surface area contributed by atoms with Gasteiger partial charge in [-0.15, -0.1) is 0 Å². The number of hydrogen-bond donors (Lipinski definition) is 1. The molecule has 1 aliphatic rings. The van der Waals surface area contributed by atoms with E-state index in [4.69, 9.17) is 4.42 Å². The van der Waals surface area contributed by atoms with Gasteiger partial charge in [-0.2, -0.15) is 5.10 Å². The lowest BCUT2D eigenvalue weighted by Gasteiger charge is -2.27. The highest BCUT2D eigenvalue weighted by Crippen LogP contribution is 2.22. The second-order valence-electron chi connectivity index (χ2n) is 6.06. The van der Waals surface area contributed by atoms with E-state index in [1.54, 1.807) is 4.90 Å². The molecule has 0 atom stereocenters. The van der Waals surface area contributed by atoms with Crippen LogP contribution < -0.4 is 10.2 Å². The summed E-state index contributed by atoms with van der Waals surface area (Å²) in [4.78, 5) is 25.8. The van der Waals surface area contributed by atoms with E-state index in [2.05, 4.69) is 10.4 Å². The van der Waals surface area contributed by atoms with Crippen LogP contribution in [-0.2, 0) is 22.7 Å². The number of anilines is 1. The fourth-order valence-corrected chi connectivity index (χ4v) is 2.87. The zero-order valence-corrected chi connectivity index (χ0v) is 14.0. The van der Waals surface area contributed by atoms with Gasteiger partial charge < -0.3 is 9.73 Å². The molecular formula is C17H22N4O3. The third-order valence-electron chi connectivity index (χ3n) is 4.04. The van der Waals surface area contributed by atoms with Gasteiger partial charge in [-0.3, -0.25) is 14.5 Å². The number of nitrogens with zero attached hydrogens (tertiary/aromatic N) is 3. The lowest BCUT2D eigenvalue weighted by atomic mass is 10.2. The summed E-state index contributed by atoms with van der Waals surface area (Å²) in [5.74, 6) is 2.45. The van der Waals surface area contributed by atoms with Gasteiger partial charge >= 0.3 is 0 Å². The summed E-state index contributed by atoms with van der Waals surface area (Å²) in [5.41, 5.74) is 0.899. The second-order valence-corrected chi connectivity index (χ2v) is 6.06. The van der Waals surface area contributed by atoms with E-state index >= 15 is 0 Å². The molecule has 0 bridgehead atoms. The number of carbonyl (C=O) groups is 2. The monoisotopic (exact) mass is 330 g/mol. The molecule has 0 saturated carbocycles. The number of fused-ring (bicyclic) bond motifs is 1. The number of aromatic nitrogens is 2. The third-order valence-corrected chi connectivity index (χ3v) is 4.04. The first-order chi connectivity index (χ1) is 11.5. The maximum absolute atomic E-state index is 12.1. The molecule has 24 heavy (non-hydrogen) atoms. The van der Waals surface area contributed by atoms with Crippen molar-refractivity contribution in [3.8, 4) is 0 Å². The zero-order valence-electron chi connectivity index (χ0n) is 14.0. The molecule has 0 aliphatic carbocycles. The van der Waals surface area contributed by atoms with Crippen LogP contribution in [0.3, 0.4) is 0 Å². The molecule has 128 valence electrons. The molecule has 1 aliphatic heterocycles. The number of rotatable bonds is 6. The summed E-state index contributed by atoms with van der Waals surface area (Å²) in [5, 5.41) is 7.21. The number of aryl methyl sites for hydroxylation is 3. The molecule has 0 unspecified atom stereocenters. The van der Waals surface area contributed by atoms with Crippen molar-refractivity contribution in [3.05, 3.63) is 35.4 Å². The van der Waals surface area contributed by atoms with Crippen molar-refractivity contribution in [1.29, 1.82) is 0 Å². The average molecular weight is 330 g/mol. The van der Waals surface area contributed by atoms with Crippen LogP contribution in [0.2, 0.25) is 0 Å². The largest absolute Gasteiger partial charge is 0.465 e. The van der Waals surface area contributed by atoms with Crippen molar-refractivity contribution in [2.45, 2.75) is 46.2 Å². The zero-order chi connectivity index (χ0) is 17.1. The SMILES string of the molecule is Cc1cc2n(n1)CCC(=O)N2CCCC(=O)NCc1ccc(C)o1. The summed E-state index contributed by atoms with van der Waals surface area (Å²) in [7, 11) is 0. The minimum absolute atomic E-state index is 0.0433. The molecule has 3 rings (SSSR count). The number of hydrogen-bond acceptors (Lipinski definition) is 4. The lowest BCUT2D eigenvalue weighted by molar-refractivity contribution is -0.122. The Balaban J connectivity index is 1.47. The van der Waals surface area contributed by atoms with Crippen LogP contribution in [0.15, 0.2) is 22.6 Å². The van der Waals surface area contributed by atoms with Crippen LogP contribution >= 0.6 is 0 Å². The first-order valence-corrected chi connectivity index (χ1v) is 8.20. The molecule has 2 amide bonds. The molecule has 0 saturated heterocycles. The van der Waals surface area contributed by atoms with Crippen molar-refractivity contribution in [1.82, 2.24) is 15.1 Å². The van der Waals surface area contributed by atoms with Gasteiger partial charge in [0.2, 0.25) is 11.8 Å². The van der Waals surface area contributed by atoms with Gasteiger partial charge in [0.1, 0.15) is 17.3 Å². The van der Waals surface area contributed by atoms with Gasteiger partial charge in [-0.05, 0) is 32.4 Å². The van der Waals surface area contributed by atoms with Gasteiger partial charge in [0, 0.05) is 25.5 Å². The summed E-state index contributed by atoms with van der Waals surface area (Å²) in [6.45, 7) is 5.32. The Hall–Kier alpha value is -2.57. The van der Waals surface area contributed by atoms with E-state index in [0.29, 0.717) is 38.9 Å². The molecule has 0 aromatic carbocycles. The molecule has 1 N–H and O–H groups in total. The second kappa shape index (κ2) is 6.90. The van der Waals surface area contributed by atoms with Crippen LogP contribution in [0.25, 0.3) is 0 Å². The first kappa shape index (κ1) is 16.3. The predicted octanol–water partition coefficient (Wildman–Crippen LogP) is 1.93. The molecule has 7 heteroatoms. The molecular weight excluding hydrogens is 308 g/mol. The van der Waals surface area contributed by atoms with Crippen molar-refractivity contribution in [2.24, 2.45) is 0 Å². The Labute approximate surface area is 140 Å². The van der Waals surface area contributed by atoms with Crippen molar-refractivity contribution in [3.63, 3.8) is 0 Å². The maximum Gasteiger partial charge on any atom is 0.229 e. The molecule has 0 fully saturated rings. The molecule has 3 heterocycles. The topological polar surface area (TPSA) is 80.4 Å². The highest BCUT2D eigenvalue weighted by atomic mass is 16.3. The minimum Gasteiger partial charge on any atom is -0.465 e. The number of amides is 2. The van der Waals surface area contributed by atoms with Crippen LogP contribution in [0, 0.1) is 13.8 Å². The van der Waals surface area contributed by atoms with Crippen molar-refractivity contribution < 1.29 is 14.0 Å². The molecule has 2 aromatic rings. The Morgan fingerprint density at radius 3 is 2.96 bits per heavy atom. The van der Waals surface area contributed by atoms with E-state index in [9.17, 15) is 9.59 Å². The number of nitrogens with one attached hydrogen (secondary N) is 1. The van der Waals surface area contributed by atoms with E-state index < -0.39 is 0 Å². The summed E-state index contributed by atoms with van der Waals surface area (Å²) < 4.78 is 7.27. The quantitative estimate of drug-likeness (QED) is 0.877. The highest BCUT2D eigenvalue weighted by Gasteiger charge is 2.25. The van der Waals surface area contributed by atoms with Crippen LogP contribution in [0.1, 0.15) is 36.5 Å². The van der Waals surface area contributed by atoms with Crippen LogP contribution in [0.4, 0.5) is 5.82 Å². The smallest absolute Gasteiger partial charge is 0.229 e. The van der Waals surface area contributed by atoms with E-state index in [-0.39, 0.29) is 11.8 Å². The lowest BCUT2D eigenvalue weighted by Crippen LogP contribution is -2.38. The fraction of sp³-hybridized carbons (Fsp3) is 0.471. The van der Waals surface area contributed by atoms with Gasteiger partial charge in [0.25, 0.3) is 0 Å². The molecule has 0 radical (unpaired) electrons. The van der Waals surface area contributed by atoms with E-state index in [0.717, 1.165) is 23.0 Å². The van der Waals surface area contributed by atoms with Gasteiger partial charge in [0.15, 0.2) is 0 Å². The van der Waals surface area contributed by atoms with Gasteiger partial charge in [-0.25, -0.2) is 4.68 Å². The number of carbonyl (C=O) groups excluding carboxylic acids is 2.